The van der Waals surface area contributed by atoms with Crippen LogP contribution in [0.1, 0.15) is 41.0 Å². The number of amides is 2. The van der Waals surface area contributed by atoms with Gasteiger partial charge in [0.15, 0.2) is 0 Å². The molecule has 0 spiro atoms. The highest BCUT2D eigenvalue weighted by Crippen LogP contribution is 2.38. The number of nitrogens with one attached hydrogen (secondary N) is 2. The van der Waals surface area contributed by atoms with Gasteiger partial charge in [0.25, 0.3) is 23.4 Å². The van der Waals surface area contributed by atoms with Crippen LogP contribution in [0, 0.1) is 22.0 Å². The SMILES string of the molecule is CNc1cncc(C(=O)N2CC(Nc3c(C(=O)N4C[C@H](C)C[C@H](C)C4)cc(Br)cc3[N+](=O)[O-])C(F)(F)C2)c1. The second-order valence-electron chi connectivity index (χ2n) is 10.1. The number of anilines is 2. The van der Waals surface area contributed by atoms with Gasteiger partial charge in [-0.1, -0.05) is 29.8 Å². The second kappa shape index (κ2) is 10.8. The summed E-state index contributed by atoms with van der Waals surface area (Å²) >= 11 is 3.22. The van der Waals surface area contributed by atoms with E-state index in [1.807, 2.05) is 13.8 Å². The topological polar surface area (TPSA) is 121 Å². The van der Waals surface area contributed by atoms with Crippen molar-refractivity contribution in [3.8, 4) is 0 Å². The Morgan fingerprint density at radius 1 is 1.11 bits per heavy atom. The third-order valence-electron chi connectivity index (χ3n) is 6.86. The first-order valence-corrected chi connectivity index (χ1v) is 13.0. The maximum atomic E-state index is 15.2. The van der Waals surface area contributed by atoms with Crippen molar-refractivity contribution >= 4 is 44.8 Å². The van der Waals surface area contributed by atoms with Gasteiger partial charge in [0.1, 0.15) is 11.7 Å². The minimum atomic E-state index is -3.42. The minimum Gasteiger partial charge on any atom is -0.387 e. The van der Waals surface area contributed by atoms with Gasteiger partial charge in [0.2, 0.25) is 0 Å². The lowest BCUT2D eigenvalue weighted by atomic mass is 9.91. The average Bonchev–Trinajstić information content (AvgIpc) is 3.16. The first-order chi connectivity index (χ1) is 17.9. The molecule has 2 fully saturated rings. The fourth-order valence-electron chi connectivity index (χ4n) is 5.20. The van der Waals surface area contributed by atoms with Crippen LogP contribution in [0.25, 0.3) is 0 Å². The van der Waals surface area contributed by atoms with Gasteiger partial charge in [-0.2, -0.15) is 0 Å². The van der Waals surface area contributed by atoms with Gasteiger partial charge in [0.05, 0.1) is 28.3 Å². The van der Waals surface area contributed by atoms with E-state index in [0.29, 0.717) is 18.8 Å². The lowest BCUT2D eigenvalue weighted by Crippen LogP contribution is -2.43. The number of pyridine rings is 1. The predicted molar refractivity (Wildman–Crippen MR) is 142 cm³/mol. The molecule has 38 heavy (non-hydrogen) atoms. The van der Waals surface area contributed by atoms with Crippen molar-refractivity contribution in [1.82, 2.24) is 14.8 Å². The molecule has 1 unspecified atom stereocenters. The molecular weight excluding hydrogens is 566 g/mol. The quantitative estimate of drug-likeness (QED) is 0.373. The third kappa shape index (κ3) is 5.71. The van der Waals surface area contributed by atoms with E-state index in [1.165, 1.54) is 30.6 Å². The number of nitro benzene ring substituents is 1. The van der Waals surface area contributed by atoms with Gasteiger partial charge in [0, 0.05) is 49.6 Å². The number of carbonyl (C=O) groups excluding carboxylic acids is 2. The number of rotatable bonds is 6. The number of nitro groups is 1. The molecule has 0 aliphatic carbocycles. The molecule has 4 rings (SSSR count). The van der Waals surface area contributed by atoms with E-state index in [9.17, 15) is 19.7 Å². The summed E-state index contributed by atoms with van der Waals surface area (Å²) < 4.78 is 30.7. The number of carbonyl (C=O) groups is 2. The molecule has 13 heteroatoms. The van der Waals surface area contributed by atoms with E-state index in [1.54, 1.807) is 11.9 Å². The Kier molecular flexibility index (Phi) is 7.86. The molecule has 0 saturated carbocycles. The molecule has 2 N–H and O–H groups in total. The molecule has 0 bridgehead atoms. The lowest BCUT2D eigenvalue weighted by Gasteiger charge is -2.35. The van der Waals surface area contributed by atoms with Crippen molar-refractivity contribution < 1.29 is 23.3 Å². The molecule has 2 amide bonds. The van der Waals surface area contributed by atoms with E-state index >= 15 is 8.78 Å². The number of benzene rings is 1. The highest BCUT2D eigenvalue weighted by Gasteiger charge is 2.51. The summed E-state index contributed by atoms with van der Waals surface area (Å²) in [5.74, 6) is -4.07. The number of hydrogen-bond donors (Lipinski definition) is 2. The van der Waals surface area contributed by atoms with Crippen LogP contribution in [-0.2, 0) is 0 Å². The van der Waals surface area contributed by atoms with Gasteiger partial charge in [-0.15, -0.1) is 0 Å². The summed E-state index contributed by atoms with van der Waals surface area (Å²) in [6.07, 6.45) is 3.73. The molecule has 2 aliphatic rings. The zero-order valence-electron chi connectivity index (χ0n) is 21.2. The molecule has 0 radical (unpaired) electrons. The number of piperidine rings is 1. The summed E-state index contributed by atoms with van der Waals surface area (Å²) in [5, 5.41) is 17.4. The van der Waals surface area contributed by atoms with Crippen molar-refractivity contribution in [1.29, 1.82) is 0 Å². The summed E-state index contributed by atoms with van der Waals surface area (Å²) in [4.78, 5) is 44.3. The number of halogens is 3. The Morgan fingerprint density at radius 2 is 1.79 bits per heavy atom. The van der Waals surface area contributed by atoms with E-state index in [-0.39, 0.29) is 33.1 Å². The summed E-state index contributed by atoms with van der Waals surface area (Å²) in [7, 11) is 1.64. The van der Waals surface area contributed by atoms with Gasteiger partial charge in [-0.05, 0) is 30.4 Å². The van der Waals surface area contributed by atoms with Crippen LogP contribution in [0.5, 0.6) is 0 Å². The highest BCUT2D eigenvalue weighted by atomic mass is 79.9. The molecule has 2 saturated heterocycles. The molecule has 1 aromatic carbocycles. The lowest BCUT2D eigenvalue weighted by molar-refractivity contribution is -0.384. The first kappa shape index (κ1) is 27.7. The summed E-state index contributed by atoms with van der Waals surface area (Å²) in [5.41, 5.74) is -0.184. The zero-order valence-corrected chi connectivity index (χ0v) is 22.8. The Morgan fingerprint density at radius 3 is 2.42 bits per heavy atom. The largest absolute Gasteiger partial charge is 0.387 e. The van der Waals surface area contributed by atoms with Crippen LogP contribution >= 0.6 is 15.9 Å². The predicted octanol–water partition coefficient (Wildman–Crippen LogP) is 4.48. The number of nitrogens with zero attached hydrogens (tertiary/aromatic N) is 4. The van der Waals surface area contributed by atoms with Crippen LogP contribution < -0.4 is 10.6 Å². The highest BCUT2D eigenvalue weighted by molar-refractivity contribution is 9.10. The number of alkyl halides is 2. The van der Waals surface area contributed by atoms with Crippen molar-refractivity contribution in [2.75, 3.05) is 43.9 Å². The molecule has 1 aromatic heterocycles. The van der Waals surface area contributed by atoms with Gasteiger partial charge < -0.3 is 20.4 Å². The van der Waals surface area contributed by atoms with Crippen LogP contribution in [-0.4, -0.2) is 76.7 Å². The van der Waals surface area contributed by atoms with Crippen molar-refractivity contribution in [3.05, 3.63) is 56.3 Å². The van der Waals surface area contributed by atoms with Gasteiger partial charge in [-0.25, -0.2) is 8.78 Å². The molecule has 2 aromatic rings. The fraction of sp³-hybridized carbons (Fsp3) is 0.480. The molecule has 10 nitrogen and oxygen atoms in total. The van der Waals surface area contributed by atoms with Crippen LogP contribution in [0.15, 0.2) is 35.1 Å². The molecule has 3 atom stereocenters. The monoisotopic (exact) mass is 594 g/mol. The van der Waals surface area contributed by atoms with Gasteiger partial charge >= 0.3 is 0 Å². The van der Waals surface area contributed by atoms with E-state index < -0.39 is 47.5 Å². The third-order valence-corrected chi connectivity index (χ3v) is 7.32. The number of likely N-dealkylation sites (tertiary alicyclic amines) is 2. The number of aromatic nitrogens is 1. The summed E-state index contributed by atoms with van der Waals surface area (Å²) in [6, 6.07) is 2.43. The Labute approximate surface area is 227 Å². The molecule has 3 heterocycles. The van der Waals surface area contributed by atoms with Gasteiger partial charge in [-0.3, -0.25) is 24.7 Å². The zero-order chi connectivity index (χ0) is 27.8. The first-order valence-electron chi connectivity index (χ1n) is 12.2. The van der Waals surface area contributed by atoms with Crippen LogP contribution in [0.3, 0.4) is 0 Å². The molecule has 204 valence electrons. The minimum absolute atomic E-state index is 0.0705. The van der Waals surface area contributed by atoms with Crippen LogP contribution in [0.2, 0.25) is 0 Å². The standard InChI is InChI=1S/C25H29BrF2N6O4/c1-14-4-15(2)11-32(10-14)24(36)19-6-17(26)7-20(34(37)38)22(19)31-21-12-33(13-25(21,27)28)23(35)16-5-18(29-3)9-30-8-16/h5-9,14-15,21,29,31H,4,10-13H2,1-3H3/t14-,15+,21?. The average molecular weight is 595 g/mol. The maximum absolute atomic E-state index is 15.2. The van der Waals surface area contributed by atoms with Crippen molar-refractivity contribution in [3.63, 3.8) is 0 Å². The van der Waals surface area contributed by atoms with E-state index in [4.69, 9.17) is 0 Å². The normalized spacial score (nSPS) is 22.7. The Bertz CT molecular complexity index is 1250. The van der Waals surface area contributed by atoms with E-state index in [0.717, 1.165) is 11.3 Å². The summed E-state index contributed by atoms with van der Waals surface area (Å²) in [6.45, 7) is 3.65. The Hall–Kier alpha value is -3.35. The molecular formula is C25H29BrF2N6O4. The second-order valence-corrected chi connectivity index (χ2v) is 11.0. The fourth-order valence-corrected chi connectivity index (χ4v) is 5.64. The smallest absolute Gasteiger partial charge is 0.294 e. The van der Waals surface area contributed by atoms with Crippen molar-refractivity contribution in [2.24, 2.45) is 11.8 Å². The maximum Gasteiger partial charge on any atom is 0.294 e. The number of hydrogen-bond acceptors (Lipinski definition) is 7. The van der Waals surface area contributed by atoms with Crippen LogP contribution in [0.4, 0.5) is 25.8 Å². The molecule has 2 aliphatic heterocycles. The van der Waals surface area contributed by atoms with Crippen molar-refractivity contribution in [2.45, 2.75) is 32.2 Å². The Balaban J connectivity index is 1.66. The van der Waals surface area contributed by atoms with E-state index in [2.05, 4.69) is 31.5 Å².